The molecule has 0 unspecified atom stereocenters. The van der Waals surface area contributed by atoms with Gasteiger partial charge in [0.25, 0.3) is 16.1 Å². The number of rotatable bonds is 7. The Labute approximate surface area is 187 Å². The van der Waals surface area contributed by atoms with Crippen molar-refractivity contribution >= 4 is 16.1 Å². The second-order valence-electron chi connectivity index (χ2n) is 8.31. The number of nitrogens with zero attached hydrogens (tertiary/aromatic N) is 3. The molecule has 7 nitrogen and oxygen atoms in total. The van der Waals surface area contributed by atoms with Gasteiger partial charge in [0.2, 0.25) is 0 Å². The number of hydrogen-bond acceptors (Lipinski definition) is 4. The molecule has 0 radical (unpaired) electrons. The summed E-state index contributed by atoms with van der Waals surface area (Å²) < 4.78 is 70.0. The van der Waals surface area contributed by atoms with Gasteiger partial charge in [0.05, 0.1) is 6.61 Å². The maximum atomic E-state index is 13.0. The Bertz CT molecular complexity index is 863. The fourth-order valence-corrected chi connectivity index (χ4v) is 5.72. The van der Waals surface area contributed by atoms with Crippen LogP contribution in [0.3, 0.4) is 0 Å². The minimum Gasteiger partial charge on any atom is -0.367 e. The molecule has 1 aliphatic heterocycles. The average molecular weight is 478 g/mol. The molecule has 0 atom stereocenters. The number of amides is 1. The molecule has 180 valence electrons. The van der Waals surface area contributed by atoms with Gasteiger partial charge < -0.3 is 9.64 Å². The Kier molecular flexibility index (Phi) is 8.18. The summed E-state index contributed by atoms with van der Waals surface area (Å²) in [6.45, 7) is -0.487. The second-order valence-corrected chi connectivity index (χ2v) is 10.3. The minimum absolute atomic E-state index is 0.0343. The third-order valence-electron chi connectivity index (χ3n) is 6.04. The molecule has 1 aromatic carbocycles. The van der Waals surface area contributed by atoms with Gasteiger partial charge in [-0.15, -0.1) is 0 Å². The van der Waals surface area contributed by atoms with Crippen molar-refractivity contribution in [3.8, 4) is 0 Å². The van der Waals surface area contributed by atoms with Crippen molar-refractivity contribution in [3.05, 3.63) is 35.4 Å². The first kappa shape index (κ1) is 24.9. The van der Waals surface area contributed by atoms with E-state index >= 15 is 0 Å². The maximum absolute atomic E-state index is 13.0. The van der Waals surface area contributed by atoms with Crippen molar-refractivity contribution < 1.29 is 31.1 Å². The molecule has 0 bridgehead atoms. The number of carbonyl (C=O) groups excluding carboxylic acids is 1. The molecule has 0 spiro atoms. The largest absolute Gasteiger partial charge is 0.411 e. The van der Waals surface area contributed by atoms with Crippen LogP contribution in [-0.2, 0) is 21.6 Å². The first-order valence-electron chi connectivity index (χ1n) is 10.8. The molecule has 32 heavy (non-hydrogen) atoms. The van der Waals surface area contributed by atoms with Gasteiger partial charge in [-0.1, -0.05) is 31.4 Å². The van der Waals surface area contributed by atoms with Gasteiger partial charge in [0, 0.05) is 44.8 Å². The highest BCUT2D eigenvalue weighted by atomic mass is 32.2. The molecule has 1 aromatic rings. The summed E-state index contributed by atoms with van der Waals surface area (Å²) in [5.74, 6) is -0.231. The molecule has 1 heterocycles. The lowest BCUT2D eigenvalue weighted by Crippen LogP contribution is -2.55. The Morgan fingerprint density at radius 2 is 1.66 bits per heavy atom. The van der Waals surface area contributed by atoms with Crippen LogP contribution in [0.1, 0.15) is 48.0 Å². The summed E-state index contributed by atoms with van der Waals surface area (Å²) in [5, 5.41) is 0. The average Bonchev–Trinajstić information content (AvgIpc) is 2.78. The number of halogens is 3. The van der Waals surface area contributed by atoms with Crippen molar-refractivity contribution in [3.63, 3.8) is 0 Å². The van der Waals surface area contributed by atoms with E-state index in [0.717, 1.165) is 32.1 Å². The number of alkyl halides is 3. The zero-order chi connectivity index (χ0) is 23.4. The molecule has 0 aromatic heterocycles. The fraction of sp³-hybridized carbons (Fsp3) is 0.667. The molecular weight excluding hydrogens is 447 g/mol. The molecule has 3 rings (SSSR count). The molecule has 2 aliphatic rings. The SMILES string of the molecule is CN(C1CCCCC1)S(=O)(=O)N1CCN(C(=O)c2ccc(COCC(F)(F)F)cc2)CC1. The van der Waals surface area contributed by atoms with E-state index in [4.69, 9.17) is 0 Å². The summed E-state index contributed by atoms with van der Waals surface area (Å²) in [6.07, 6.45) is 0.612. The van der Waals surface area contributed by atoms with E-state index in [-0.39, 0.29) is 44.7 Å². The third-order valence-corrected chi connectivity index (χ3v) is 8.08. The highest BCUT2D eigenvalue weighted by Gasteiger charge is 2.35. The number of hydrogen-bond donors (Lipinski definition) is 0. The van der Waals surface area contributed by atoms with Gasteiger partial charge in [0.1, 0.15) is 6.61 Å². The molecule has 2 fully saturated rings. The summed E-state index contributed by atoms with van der Waals surface area (Å²) in [4.78, 5) is 14.4. The van der Waals surface area contributed by atoms with E-state index in [2.05, 4.69) is 4.74 Å². The quantitative estimate of drug-likeness (QED) is 0.605. The van der Waals surface area contributed by atoms with Crippen LogP contribution in [0.15, 0.2) is 24.3 Å². The normalized spacial score (nSPS) is 19.5. The number of benzene rings is 1. The molecule has 1 saturated heterocycles. The number of carbonyl (C=O) groups is 1. The lowest BCUT2D eigenvalue weighted by atomic mass is 9.96. The van der Waals surface area contributed by atoms with Gasteiger partial charge in [-0.3, -0.25) is 4.79 Å². The Balaban J connectivity index is 1.51. The second kappa shape index (κ2) is 10.5. The van der Waals surface area contributed by atoms with E-state index in [1.807, 2.05) is 0 Å². The van der Waals surface area contributed by atoms with Crippen LogP contribution >= 0.6 is 0 Å². The first-order valence-corrected chi connectivity index (χ1v) is 12.2. The van der Waals surface area contributed by atoms with Crippen molar-refractivity contribution in [2.45, 2.75) is 50.9 Å². The molecular formula is C21H30F3N3O4S. The topological polar surface area (TPSA) is 70.2 Å². The Hall–Kier alpha value is -1.69. The summed E-state index contributed by atoms with van der Waals surface area (Å²) in [7, 11) is -1.92. The lowest BCUT2D eigenvalue weighted by molar-refractivity contribution is -0.176. The van der Waals surface area contributed by atoms with Crippen LogP contribution in [0.4, 0.5) is 13.2 Å². The van der Waals surface area contributed by atoms with Crippen LogP contribution in [0.25, 0.3) is 0 Å². The van der Waals surface area contributed by atoms with Crippen LogP contribution in [0, 0.1) is 0 Å². The molecule has 1 aliphatic carbocycles. The van der Waals surface area contributed by atoms with Crippen LogP contribution < -0.4 is 0 Å². The van der Waals surface area contributed by atoms with Crippen LogP contribution in [-0.4, -0.2) is 79.9 Å². The first-order chi connectivity index (χ1) is 15.1. The van der Waals surface area contributed by atoms with Gasteiger partial charge in [-0.2, -0.15) is 30.2 Å². The predicted molar refractivity (Wildman–Crippen MR) is 113 cm³/mol. The van der Waals surface area contributed by atoms with Gasteiger partial charge in [-0.05, 0) is 30.5 Å². The molecule has 1 amide bonds. The number of ether oxygens (including phenoxy) is 1. The summed E-state index contributed by atoms with van der Waals surface area (Å²) >= 11 is 0. The van der Waals surface area contributed by atoms with E-state index in [9.17, 15) is 26.4 Å². The van der Waals surface area contributed by atoms with Crippen LogP contribution in [0.5, 0.6) is 0 Å². The zero-order valence-corrected chi connectivity index (χ0v) is 19.0. The van der Waals surface area contributed by atoms with E-state index < -0.39 is 23.0 Å². The smallest absolute Gasteiger partial charge is 0.367 e. The van der Waals surface area contributed by atoms with Crippen molar-refractivity contribution in [1.29, 1.82) is 0 Å². The monoisotopic (exact) mass is 477 g/mol. The van der Waals surface area contributed by atoms with Crippen molar-refractivity contribution in [1.82, 2.24) is 13.5 Å². The lowest BCUT2D eigenvalue weighted by Gasteiger charge is -2.38. The Morgan fingerprint density at radius 3 is 2.22 bits per heavy atom. The number of piperazine rings is 1. The fourth-order valence-electron chi connectivity index (χ4n) is 4.15. The molecule has 1 saturated carbocycles. The standard InChI is InChI=1S/C21H30F3N3O4S/c1-25(19-5-3-2-4-6-19)32(29,30)27-13-11-26(12-14-27)20(28)18-9-7-17(8-10-18)15-31-16-21(22,23)24/h7-10,19H,2-6,11-16H2,1H3. The van der Waals surface area contributed by atoms with E-state index in [1.165, 1.54) is 8.61 Å². The summed E-state index contributed by atoms with van der Waals surface area (Å²) in [6, 6.07) is 6.25. The zero-order valence-electron chi connectivity index (χ0n) is 18.2. The molecule has 11 heteroatoms. The van der Waals surface area contributed by atoms with Crippen molar-refractivity contribution in [2.24, 2.45) is 0 Å². The molecule has 0 N–H and O–H groups in total. The van der Waals surface area contributed by atoms with Crippen molar-refractivity contribution in [2.75, 3.05) is 39.8 Å². The Morgan fingerprint density at radius 1 is 1.06 bits per heavy atom. The van der Waals surface area contributed by atoms with E-state index in [0.29, 0.717) is 11.1 Å². The van der Waals surface area contributed by atoms with Gasteiger partial charge in [0.15, 0.2) is 0 Å². The van der Waals surface area contributed by atoms with Gasteiger partial charge in [-0.25, -0.2) is 0 Å². The van der Waals surface area contributed by atoms with E-state index in [1.54, 1.807) is 36.2 Å². The maximum Gasteiger partial charge on any atom is 0.411 e. The summed E-state index contributed by atoms with van der Waals surface area (Å²) in [5.41, 5.74) is 0.938. The highest BCUT2D eigenvalue weighted by molar-refractivity contribution is 7.86. The van der Waals surface area contributed by atoms with Gasteiger partial charge >= 0.3 is 6.18 Å². The van der Waals surface area contributed by atoms with Crippen LogP contribution in [0.2, 0.25) is 0 Å². The highest BCUT2D eigenvalue weighted by Crippen LogP contribution is 2.25. The predicted octanol–water partition coefficient (Wildman–Crippen LogP) is 3.03. The third kappa shape index (κ3) is 6.43. The minimum atomic E-state index is -4.38.